The molecule has 0 radical (unpaired) electrons. The second kappa shape index (κ2) is 12.2. The molecule has 0 spiro atoms. The highest BCUT2D eigenvalue weighted by atomic mass is 127. The Morgan fingerprint density at radius 3 is 2.50 bits per heavy atom. The van der Waals surface area contributed by atoms with Gasteiger partial charge in [0.2, 0.25) is 0 Å². The number of hydrogen-bond donors (Lipinski definition) is 2. The first kappa shape index (κ1) is 19.7. The number of unbranched alkanes of at least 4 members (excludes halogenated alkanes) is 2. The summed E-state index contributed by atoms with van der Waals surface area (Å²) >= 11 is 0. The maximum Gasteiger partial charge on any atom is 0.191 e. The van der Waals surface area contributed by atoms with E-state index in [4.69, 9.17) is 0 Å². The van der Waals surface area contributed by atoms with Crippen molar-refractivity contribution in [2.45, 2.75) is 57.4 Å². The maximum atomic E-state index is 4.30. The van der Waals surface area contributed by atoms with Crippen LogP contribution < -0.4 is 10.6 Å². The normalized spacial score (nSPS) is 20.0. The molecule has 4 nitrogen and oxygen atoms in total. The molecule has 1 fully saturated rings. The summed E-state index contributed by atoms with van der Waals surface area (Å²) in [7, 11) is 1.86. The summed E-state index contributed by atoms with van der Waals surface area (Å²) < 4.78 is 0. The molecule has 0 saturated carbocycles. The van der Waals surface area contributed by atoms with Crippen LogP contribution in [0.4, 0.5) is 0 Å². The zero-order valence-electron chi connectivity index (χ0n) is 14.0. The molecule has 0 bridgehead atoms. The topological polar surface area (TPSA) is 39.7 Å². The lowest BCUT2D eigenvalue weighted by molar-refractivity contribution is 0.224. The molecule has 5 heteroatoms. The molecule has 0 atom stereocenters. The smallest absolute Gasteiger partial charge is 0.191 e. The van der Waals surface area contributed by atoms with E-state index in [2.05, 4.69) is 32.7 Å². The van der Waals surface area contributed by atoms with Crippen LogP contribution in [0.1, 0.15) is 51.4 Å². The average molecular weight is 420 g/mol. The Bertz CT molecular complexity index is 330. The molecule has 0 unspecified atom stereocenters. The van der Waals surface area contributed by atoms with E-state index in [1.807, 2.05) is 7.05 Å². The minimum Gasteiger partial charge on any atom is -0.356 e. The van der Waals surface area contributed by atoms with E-state index in [0.29, 0.717) is 6.04 Å². The fraction of sp³-hybridized carbons (Fsp3) is 0.824. The second-order valence-electron chi connectivity index (χ2n) is 6.25. The van der Waals surface area contributed by atoms with Crippen molar-refractivity contribution in [2.75, 3.05) is 33.2 Å². The fourth-order valence-corrected chi connectivity index (χ4v) is 3.15. The molecule has 128 valence electrons. The number of aliphatic imine (C=N–C) groups is 1. The van der Waals surface area contributed by atoms with Crippen molar-refractivity contribution in [1.82, 2.24) is 15.5 Å². The Morgan fingerprint density at radius 1 is 1.09 bits per heavy atom. The van der Waals surface area contributed by atoms with Crippen LogP contribution in [0.15, 0.2) is 17.1 Å². The van der Waals surface area contributed by atoms with Gasteiger partial charge < -0.3 is 15.5 Å². The molecule has 2 aliphatic rings. The Balaban J connectivity index is 0.00000242. The summed E-state index contributed by atoms with van der Waals surface area (Å²) in [5, 5.41) is 6.91. The minimum absolute atomic E-state index is 0. The Hall–Kier alpha value is -0.300. The molecule has 1 aliphatic carbocycles. The third kappa shape index (κ3) is 7.81. The summed E-state index contributed by atoms with van der Waals surface area (Å²) in [5.41, 5.74) is 0. The third-order valence-corrected chi connectivity index (χ3v) is 4.46. The maximum absolute atomic E-state index is 4.30. The molecule has 0 amide bonds. The highest BCUT2D eigenvalue weighted by Gasteiger charge is 2.11. The van der Waals surface area contributed by atoms with Gasteiger partial charge >= 0.3 is 0 Å². The van der Waals surface area contributed by atoms with Gasteiger partial charge in [-0.3, -0.25) is 4.99 Å². The summed E-state index contributed by atoms with van der Waals surface area (Å²) in [5.74, 6) is 0.958. The molecule has 0 aromatic heterocycles. The highest BCUT2D eigenvalue weighted by Crippen LogP contribution is 2.10. The van der Waals surface area contributed by atoms with Gasteiger partial charge in [0.05, 0.1) is 0 Å². The number of guanidine groups is 1. The first-order chi connectivity index (χ1) is 10.4. The predicted molar refractivity (Wildman–Crippen MR) is 106 cm³/mol. The first-order valence-electron chi connectivity index (χ1n) is 8.73. The van der Waals surface area contributed by atoms with Crippen molar-refractivity contribution >= 4 is 29.9 Å². The molecule has 22 heavy (non-hydrogen) atoms. The van der Waals surface area contributed by atoms with Crippen LogP contribution in [-0.4, -0.2) is 50.1 Å². The Labute approximate surface area is 153 Å². The average Bonchev–Trinajstić information content (AvgIpc) is 3.03. The van der Waals surface area contributed by atoms with Crippen molar-refractivity contribution in [3.63, 3.8) is 0 Å². The lowest BCUT2D eigenvalue weighted by atomic mass is 10.1. The summed E-state index contributed by atoms with van der Waals surface area (Å²) in [6.45, 7) is 4.97. The molecule has 2 N–H and O–H groups in total. The number of likely N-dealkylation sites (tertiary alicyclic amines) is 1. The van der Waals surface area contributed by atoms with Crippen LogP contribution >= 0.6 is 24.0 Å². The molecule has 2 rings (SSSR count). The van der Waals surface area contributed by atoms with Gasteiger partial charge in [-0.15, -0.1) is 24.0 Å². The summed E-state index contributed by atoms with van der Waals surface area (Å²) in [4.78, 5) is 6.93. The lowest BCUT2D eigenvalue weighted by Crippen LogP contribution is -2.42. The largest absolute Gasteiger partial charge is 0.356 e. The van der Waals surface area contributed by atoms with E-state index in [1.165, 1.54) is 58.2 Å². The standard InChI is InChI=1S/C17H32N4.HI/c1-18-17(20-16-10-4-5-11-16)19-12-6-2-7-13-21-14-8-3-9-15-21;/h4-5,16H,2-3,6-15H2,1H3,(H2,18,19,20);1H. The zero-order valence-corrected chi connectivity index (χ0v) is 16.4. The van der Waals surface area contributed by atoms with Crippen LogP contribution in [0.5, 0.6) is 0 Å². The SMILES string of the molecule is CN=C(NCCCCCN1CCCCC1)NC1CC=CC1.I. The van der Waals surface area contributed by atoms with Crippen LogP contribution in [-0.2, 0) is 0 Å². The van der Waals surface area contributed by atoms with Crippen molar-refractivity contribution in [1.29, 1.82) is 0 Å². The monoisotopic (exact) mass is 420 g/mol. The van der Waals surface area contributed by atoms with E-state index >= 15 is 0 Å². The fourth-order valence-electron chi connectivity index (χ4n) is 3.15. The van der Waals surface area contributed by atoms with Gasteiger partial charge in [-0.25, -0.2) is 0 Å². The van der Waals surface area contributed by atoms with Crippen LogP contribution in [0.3, 0.4) is 0 Å². The predicted octanol–water partition coefficient (Wildman–Crippen LogP) is 3.14. The van der Waals surface area contributed by atoms with Crippen LogP contribution in [0.2, 0.25) is 0 Å². The molecule has 1 aliphatic heterocycles. The molecule has 0 aromatic rings. The van der Waals surface area contributed by atoms with Crippen LogP contribution in [0.25, 0.3) is 0 Å². The number of rotatable bonds is 7. The van der Waals surface area contributed by atoms with Gasteiger partial charge in [0, 0.05) is 19.6 Å². The van der Waals surface area contributed by atoms with Crippen molar-refractivity contribution < 1.29 is 0 Å². The minimum atomic E-state index is 0. The quantitative estimate of drug-likeness (QED) is 0.219. The van der Waals surface area contributed by atoms with Gasteiger partial charge in [-0.05, 0) is 58.2 Å². The Morgan fingerprint density at radius 2 is 1.82 bits per heavy atom. The lowest BCUT2D eigenvalue weighted by Gasteiger charge is -2.26. The molecule has 1 heterocycles. The number of halogens is 1. The van der Waals surface area contributed by atoms with Gasteiger partial charge in [0.15, 0.2) is 5.96 Å². The number of nitrogens with zero attached hydrogens (tertiary/aromatic N) is 2. The summed E-state index contributed by atoms with van der Waals surface area (Å²) in [6.07, 6.45) is 14.8. The van der Waals surface area contributed by atoms with E-state index in [-0.39, 0.29) is 24.0 Å². The van der Waals surface area contributed by atoms with Gasteiger partial charge in [0.1, 0.15) is 0 Å². The van der Waals surface area contributed by atoms with E-state index < -0.39 is 0 Å². The highest BCUT2D eigenvalue weighted by molar-refractivity contribution is 14.0. The molecular formula is C17H33IN4. The van der Waals surface area contributed by atoms with Gasteiger partial charge in [-0.2, -0.15) is 0 Å². The number of piperidine rings is 1. The van der Waals surface area contributed by atoms with E-state index in [0.717, 1.165) is 25.3 Å². The zero-order chi connectivity index (χ0) is 14.8. The van der Waals surface area contributed by atoms with E-state index in [9.17, 15) is 0 Å². The van der Waals surface area contributed by atoms with Crippen molar-refractivity contribution in [3.05, 3.63) is 12.2 Å². The number of hydrogen-bond acceptors (Lipinski definition) is 2. The van der Waals surface area contributed by atoms with Crippen LogP contribution in [0, 0.1) is 0 Å². The molecular weight excluding hydrogens is 387 g/mol. The van der Waals surface area contributed by atoms with Gasteiger partial charge in [-0.1, -0.05) is 25.0 Å². The third-order valence-electron chi connectivity index (χ3n) is 4.46. The molecule has 1 saturated heterocycles. The number of nitrogens with one attached hydrogen (secondary N) is 2. The summed E-state index contributed by atoms with van der Waals surface area (Å²) in [6, 6.07) is 0.537. The van der Waals surface area contributed by atoms with Crippen molar-refractivity contribution in [3.8, 4) is 0 Å². The van der Waals surface area contributed by atoms with Crippen molar-refractivity contribution in [2.24, 2.45) is 4.99 Å². The first-order valence-corrected chi connectivity index (χ1v) is 8.73. The Kier molecular flexibility index (Phi) is 10.9. The van der Waals surface area contributed by atoms with E-state index in [1.54, 1.807) is 0 Å². The van der Waals surface area contributed by atoms with Gasteiger partial charge in [0.25, 0.3) is 0 Å². The molecule has 0 aromatic carbocycles. The second-order valence-corrected chi connectivity index (χ2v) is 6.25.